The number of nitrogens with one attached hydrogen (secondary N) is 2. The molecule has 1 aliphatic carbocycles. The highest BCUT2D eigenvalue weighted by Gasteiger charge is 2.35. The van der Waals surface area contributed by atoms with Crippen LogP contribution in [0, 0.1) is 17.8 Å². The minimum atomic E-state index is -0.212. The van der Waals surface area contributed by atoms with E-state index >= 15 is 0 Å². The van der Waals surface area contributed by atoms with Gasteiger partial charge in [0, 0.05) is 31.9 Å². The maximum Gasteiger partial charge on any atom is 0.228 e. The summed E-state index contributed by atoms with van der Waals surface area (Å²) in [5.74, 6) is 0.0912. The van der Waals surface area contributed by atoms with Gasteiger partial charge in [0.25, 0.3) is 0 Å². The zero-order valence-electron chi connectivity index (χ0n) is 19.3. The molecule has 1 aliphatic heterocycles. The number of benzene rings is 2. The minimum absolute atomic E-state index is 0.0161. The summed E-state index contributed by atoms with van der Waals surface area (Å²) in [5, 5.41) is 6.21. The lowest BCUT2D eigenvalue weighted by molar-refractivity contribution is -0.130. The van der Waals surface area contributed by atoms with Gasteiger partial charge in [0.05, 0.1) is 11.8 Å². The topological polar surface area (TPSA) is 61.4 Å². The summed E-state index contributed by atoms with van der Waals surface area (Å²) in [5.41, 5.74) is 4.82. The molecule has 1 heterocycles. The highest BCUT2D eigenvalue weighted by atomic mass is 16.2. The van der Waals surface area contributed by atoms with Crippen molar-refractivity contribution in [2.75, 3.05) is 25.0 Å². The fourth-order valence-electron chi connectivity index (χ4n) is 4.88. The van der Waals surface area contributed by atoms with E-state index in [1.165, 1.54) is 23.1 Å². The molecule has 0 aromatic heterocycles. The fourth-order valence-corrected chi connectivity index (χ4v) is 4.88. The van der Waals surface area contributed by atoms with E-state index in [9.17, 15) is 9.59 Å². The van der Waals surface area contributed by atoms with Crippen LogP contribution in [0.4, 0.5) is 5.69 Å². The van der Waals surface area contributed by atoms with E-state index in [2.05, 4.69) is 53.6 Å². The molecule has 2 aliphatic rings. The van der Waals surface area contributed by atoms with E-state index in [0.29, 0.717) is 32.0 Å². The molecule has 32 heavy (non-hydrogen) atoms. The van der Waals surface area contributed by atoms with E-state index in [-0.39, 0.29) is 23.7 Å². The number of nitrogens with zero attached hydrogens (tertiary/aromatic N) is 1. The number of fused-ring (bicyclic) bond motifs is 1. The van der Waals surface area contributed by atoms with Crippen LogP contribution < -0.4 is 10.6 Å². The Morgan fingerprint density at radius 2 is 1.69 bits per heavy atom. The van der Waals surface area contributed by atoms with Crippen molar-refractivity contribution in [2.45, 2.75) is 46.1 Å². The van der Waals surface area contributed by atoms with Crippen LogP contribution >= 0.6 is 0 Å². The van der Waals surface area contributed by atoms with Crippen LogP contribution in [0.15, 0.2) is 48.5 Å². The molecule has 2 amide bonds. The minimum Gasteiger partial charge on any atom is -0.356 e. The molecule has 0 saturated carbocycles. The largest absolute Gasteiger partial charge is 0.356 e. The second kappa shape index (κ2) is 10.3. The molecule has 2 atom stereocenters. The van der Waals surface area contributed by atoms with Gasteiger partial charge in [0.2, 0.25) is 11.8 Å². The molecule has 1 saturated heterocycles. The van der Waals surface area contributed by atoms with Crippen molar-refractivity contribution in [2.24, 2.45) is 17.8 Å². The molecule has 0 bridgehead atoms. The van der Waals surface area contributed by atoms with Crippen LogP contribution in [0.25, 0.3) is 0 Å². The monoisotopic (exact) mass is 433 g/mol. The van der Waals surface area contributed by atoms with Gasteiger partial charge in [0.15, 0.2) is 0 Å². The number of hydrogen-bond acceptors (Lipinski definition) is 3. The average Bonchev–Trinajstić information content (AvgIpc) is 3.26. The van der Waals surface area contributed by atoms with Gasteiger partial charge >= 0.3 is 0 Å². The lowest BCUT2D eigenvalue weighted by Gasteiger charge is -2.36. The maximum atomic E-state index is 13.2. The first kappa shape index (κ1) is 22.5. The van der Waals surface area contributed by atoms with E-state index in [1.54, 1.807) is 0 Å². The highest BCUT2D eigenvalue weighted by Crippen LogP contribution is 2.28. The van der Waals surface area contributed by atoms with Gasteiger partial charge in [-0.25, -0.2) is 0 Å². The number of carbonyl (C=O) groups excluding carboxylic acids is 2. The molecular formula is C27H35N3O2. The smallest absolute Gasteiger partial charge is 0.228 e. The van der Waals surface area contributed by atoms with Gasteiger partial charge in [-0.2, -0.15) is 0 Å². The highest BCUT2D eigenvalue weighted by molar-refractivity contribution is 5.93. The van der Waals surface area contributed by atoms with Gasteiger partial charge in [-0.3, -0.25) is 14.5 Å². The Balaban J connectivity index is 1.45. The SMILES string of the molecule is CC(C)CNC(=O)[C@H]1C[C@@H](C(=O)Nc2ccc3c(c2)CCC3)CN(Cc2ccccc2)C1. The number of rotatable bonds is 7. The molecule has 5 heteroatoms. The molecule has 2 aromatic carbocycles. The molecular weight excluding hydrogens is 398 g/mol. The Bertz CT molecular complexity index is 941. The van der Waals surface area contributed by atoms with Gasteiger partial charge in [-0.15, -0.1) is 0 Å². The summed E-state index contributed by atoms with van der Waals surface area (Å²) in [7, 11) is 0. The molecule has 4 rings (SSSR count). The second-order valence-corrected chi connectivity index (χ2v) is 9.77. The lowest BCUT2D eigenvalue weighted by Crippen LogP contribution is -2.49. The van der Waals surface area contributed by atoms with Crippen molar-refractivity contribution in [3.63, 3.8) is 0 Å². The Morgan fingerprint density at radius 3 is 2.44 bits per heavy atom. The van der Waals surface area contributed by atoms with E-state index in [0.717, 1.165) is 25.1 Å². The zero-order chi connectivity index (χ0) is 22.5. The number of amides is 2. The predicted molar refractivity (Wildman–Crippen MR) is 128 cm³/mol. The first-order chi connectivity index (χ1) is 15.5. The van der Waals surface area contributed by atoms with Gasteiger partial charge in [-0.05, 0) is 60.4 Å². The van der Waals surface area contributed by atoms with E-state index in [4.69, 9.17) is 0 Å². The number of anilines is 1. The summed E-state index contributed by atoms with van der Waals surface area (Å²) in [6, 6.07) is 16.5. The van der Waals surface area contributed by atoms with Crippen molar-refractivity contribution < 1.29 is 9.59 Å². The van der Waals surface area contributed by atoms with Crippen LogP contribution in [-0.2, 0) is 29.0 Å². The van der Waals surface area contributed by atoms with Crippen molar-refractivity contribution in [3.8, 4) is 0 Å². The summed E-state index contributed by atoms with van der Waals surface area (Å²) >= 11 is 0. The predicted octanol–water partition coefficient (Wildman–Crippen LogP) is 4.02. The van der Waals surface area contributed by atoms with Crippen molar-refractivity contribution in [1.82, 2.24) is 10.2 Å². The molecule has 0 radical (unpaired) electrons. The van der Waals surface area contributed by atoms with Crippen molar-refractivity contribution >= 4 is 17.5 Å². The molecule has 2 N–H and O–H groups in total. The van der Waals surface area contributed by atoms with Crippen LogP contribution in [0.5, 0.6) is 0 Å². The van der Waals surface area contributed by atoms with E-state index < -0.39 is 0 Å². The summed E-state index contributed by atoms with van der Waals surface area (Å²) in [6.07, 6.45) is 4.00. The molecule has 0 spiro atoms. The van der Waals surface area contributed by atoms with Crippen LogP contribution in [0.1, 0.15) is 43.4 Å². The third-order valence-corrected chi connectivity index (χ3v) is 6.57. The van der Waals surface area contributed by atoms with Crippen molar-refractivity contribution in [1.29, 1.82) is 0 Å². The zero-order valence-corrected chi connectivity index (χ0v) is 19.3. The lowest BCUT2D eigenvalue weighted by atomic mass is 9.87. The van der Waals surface area contributed by atoms with E-state index in [1.807, 2.05) is 24.3 Å². The molecule has 1 fully saturated rings. The maximum absolute atomic E-state index is 13.2. The van der Waals surface area contributed by atoms with Gasteiger partial charge < -0.3 is 10.6 Å². The molecule has 0 unspecified atom stereocenters. The van der Waals surface area contributed by atoms with Crippen LogP contribution in [0.3, 0.4) is 0 Å². The normalized spacial score (nSPS) is 20.7. The Hall–Kier alpha value is -2.66. The molecule has 170 valence electrons. The summed E-state index contributed by atoms with van der Waals surface area (Å²) in [4.78, 5) is 28.4. The fraction of sp³-hybridized carbons (Fsp3) is 0.481. The number of aryl methyl sites for hydroxylation is 2. The molecule has 5 nitrogen and oxygen atoms in total. The van der Waals surface area contributed by atoms with Gasteiger partial charge in [0.1, 0.15) is 0 Å². The summed E-state index contributed by atoms with van der Waals surface area (Å²) in [6.45, 7) is 6.95. The van der Waals surface area contributed by atoms with Crippen LogP contribution in [-0.4, -0.2) is 36.3 Å². The number of piperidine rings is 1. The summed E-state index contributed by atoms with van der Waals surface area (Å²) < 4.78 is 0. The third-order valence-electron chi connectivity index (χ3n) is 6.57. The van der Waals surface area contributed by atoms with Gasteiger partial charge in [-0.1, -0.05) is 50.2 Å². The third kappa shape index (κ3) is 5.77. The quantitative estimate of drug-likeness (QED) is 0.693. The number of carbonyl (C=O) groups is 2. The Labute approximate surface area is 191 Å². The first-order valence-corrected chi connectivity index (χ1v) is 11.9. The molecule has 2 aromatic rings. The average molecular weight is 434 g/mol. The second-order valence-electron chi connectivity index (χ2n) is 9.77. The standard InChI is InChI=1S/C27H35N3O2/c1-19(2)15-28-26(31)23-13-24(18-30(17-23)16-20-7-4-3-5-8-20)27(32)29-25-12-11-21-9-6-10-22(21)14-25/h3-5,7-8,11-12,14,19,23-24H,6,9-10,13,15-18H2,1-2H3,(H,28,31)(H,29,32)/t23-,24+/m0/s1. The Morgan fingerprint density at radius 1 is 0.969 bits per heavy atom. The van der Waals surface area contributed by atoms with Crippen molar-refractivity contribution in [3.05, 3.63) is 65.2 Å². The number of hydrogen-bond donors (Lipinski definition) is 2. The van der Waals surface area contributed by atoms with Crippen LogP contribution in [0.2, 0.25) is 0 Å². The first-order valence-electron chi connectivity index (χ1n) is 11.9. The Kier molecular flexibility index (Phi) is 7.26. The number of likely N-dealkylation sites (tertiary alicyclic amines) is 1.